The normalized spacial score (nSPS) is 11.2. The Morgan fingerprint density at radius 3 is 2.74 bits per heavy atom. The molecule has 0 aliphatic carbocycles. The summed E-state index contributed by atoms with van der Waals surface area (Å²) >= 11 is -0.126. The van der Waals surface area contributed by atoms with E-state index in [1.807, 2.05) is 0 Å². The summed E-state index contributed by atoms with van der Waals surface area (Å²) in [6.45, 7) is 1.71. The lowest BCUT2D eigenvalue weighted by atomic mass is 10.4. The SMILES string of the molecule is COC(=O)c1nc(C)cc(NCCSC(F)(F)F)n1. The lowest BCUT2D eigenvalue weighted by molar-refractivity contribution is -0.0327. The fourth-order valence-corrected chi connectivity index (χ4v) is 1.62. The van der Waals surface area contributed by atoms with E-state index in [-0.39, 0.29) is 35.7 Å². The highest BCUT2D eigenvalue weighted by Gasteiger charge is 2.27. The molecule has 0 saturated carbocycles. The van der Waals surface area contributed by atoms with Crippen LogP contribution < -0.4 is 5.32 Å². The van der Waals surface area contributed by atoms with Crippen molar-refractivity contribution < 1.29 is 22.7 Å². The molecule has 0 bridgehead atoms. The van der Waals surface area contributed by atoms with Crippen LogP contribution in [0.5, 0.6) is 0 Å². The molecule has 1 aromatic rings. The van der Waals surface area contributed by atoms with Crippen molar-refractivity contribution in [3.63, 3.8) is 0 Å². The second-order valence-electron chi connectivity index (χ2n) is 3.43. The first-order chi connectivity index (χ1) is 8.81. The fourth-order valence-electron chi connectivity index (χ4n) is 1.19. The number of anilines is 1. The van der Waals surface area contributed by atoms with E-state index >= 15 is 0 Å². The van der Waals surface area contributed by atoms with Crippen LogP contribution in [0.15, 0.2) is 6.07 Å². The molecule has 5 nitrogen and oxygen atoms in total. The van der Waals surface area contributed by atoms with Gasteiger partial charge >= 0.3 is 11.5 Å². The van der Waals surface area contributed by atoms with Crippen molar-refractivity contribution in [1.29, 1.82) is 0 Å². The number of alkyl halides is 3. The predicted octanol–water partition coefficient (Wildman–Crippen LogP) is 2.24. The molecule has 1 rings (SSSR count). The lowest BCUT2D eigenvalue weighted by Crippen LogP contribution is -2.14. The van der Waals surface area contributed by atoms with Crippen molar-refractivity contribution in [2.45, 2.75) is 12.4 Å². The zero-order valence-electron chi connectivity index (χ0n) is 10.2. The number of rotatable bonds is 5. The first-order valence-corrected chi connectivity index (χ1v) is 6.19. The number of carbonyl (C=O) groups excluding carboxylic acids is 1. The molecular formula is C10H12F3N3O2S. The second-order valence-corrected chi connectivity index (χ2v) is 4.59. The van der Waals surface area contributed by atoms with E-state index < -0.39 is 11.5 Å². The third-order valence-electron chi connectivity index (χ3n) is 1.90. The van der Waals surface area contributed by atoms with Gasteiger partial charge in [0.2, 0.25) is 5.82 Å². The maximum atomic E-state index is 11.9. The van der Waals surface area contributed by atoms with E-state index in [0.717, 1.165) is 0 Å². The molecule has 9 heteroatoms. The van der Waals surface area contributed by atoms with Gasteiger partial charge < -0.3 is 10.1 Å². The van der Waals surface area contributed by atoms with Gasteiger partial charge in [-0.1, -0.05) is 0 Å². The summed E-state index contributed by atoms with van der Waals surface area (Å²) in [6, 6.07) is 1.53. The van der Waals surface area contributed by atoms with E-state index in [0.29, 0.717) is 5.69 Å². The Kier molecular flexibility index (Phi) is 5.40. The average Bonchev–Trinajstić information content (AvgIpc) is 2.32. The molecule has 1 N–H and O–H groups in total. The van der Waals surface area contributed by atoms with Crippen molar-refractivity contribution >= 4 is 23.5 Å². The van der Waals surface area contributed by atoms with Crippen molar-refractivity contribution in [1.82, 2.24) is 9.97 Å². The van der Waals surface area contributed by atoms with Crippen molar-refractivity contribution in [3.8, 4) is 0 Å². The zero-order valence-corrected chi connectivity index (χ0v) is 11.1. The molecule has 1 heterocycles. The third-order valence-corrected chi connectivity index (χ3v) is 2.63. The molecule has 0 spiro atoms. The van der Waals surface area contributed by atoms with Gasteiger partial charge in [-0.25, -0.2) is 14.8 Å². The van der Waals surface area contributed by atoms with Gasteiger partial charge in [0.25, 0.3) is 0 Å². The van der Waals surface area contributed by atoms with Crippen LogP contribution in [0.2, 0.25) is 0 Å². The van der Waals surface area contributed by atoms with Crippen LogP contribution in [0.4, 0.5) is 19.0 Å². The van der Waals surface area contributed by atoms with Crippen LogP contribution in [0.25, 0.3) is 0 Å². The van der Waals surface area contributed by atoms with Gasteiger partial charge in [0.1, 0.15) is 5.82 Å². The van der Waals surface area contributed by atoms with Crippen molar-refractivity contribution in [2.24, 2.45) is 0 Å². The van der Waals surface area contributed by atoms with Gasteiger partial charge in [-0.15, -0.1) is 0 Å². The van der Waals surface area contributed by atoms with Crippen LogP contribution in [-0.2, 0) is 4.74 Å². The number of esters is 1. The van der Waals surface area contributed by atoms with Crippen LogP contribution in [-0.4, -0.2) is 40.9 Å². The first kappa shape index (κ1) is 15.5. The Bertz CT molecular complexity index is 454. The van der Waals surface area contributed by atoms with E-state index in [9.17, 15) is 18.0 Å². The van der Waals surface area contributed by atoms with Gasteiger partial charge in [0.05, 0.1) is 7.11 Å². The van der Waals surface area contributed by atoms with Gasteiger partial charge in [-0.05, 0) is 18.7 Å². The standard InChI is InChI=1S/C10H12F3N3O2S/c1-6-5-7(14-3-4-19-10(11,12)13)16-8(15-6)9(17)18-2/h5H,3-4H2,1-2H3,(H,14,15,16). The highest BCUT2D eigenvalue weighted by Crippen LogP contribution is 2.29. The summed E-state index contributed by atoms with van der Waals surface area (Å²) in [7, 11) is 1.20. The zero-order chi connectivity index (χ0) is 14.5. The molecule has 0 aliphatic heterocycles. The third kappa shape index (κ3) is 5.77. The molecule has 0 fully saturated rings. The number of nitrogens with one attached hydrogen (secondary N) is 1. The Morgan fingerprint density at radius 2 is 2.16 bits per heavy atom. The molecule has 0 atom stereocenters. The molecule has 0 aromatic carbocycles. The number of methoxy groups -OCH3 is 1. The van der Waals surface area contributed by atoms with Crippen molar-refractivity contribution in [2.75, 3.05) is 24.7 Å². The summed E-state index contributed by atoms with van der Waals surface area (Å²) in [5.74, 6) is -0.694. The number of halogens is 3. The molecule has 106 valence electrons. The van der Waals surface area contributed by atoms with E-state index in [1.54, 1.807) is 6.92 Å². The molecule has 0 aliphatic rings. The Labute approximate surface area is 112 Å². The minimum atomic E-state index is -4.25. The van der Waals surface area contributed by atoms with Gasteiger partial charge in [-0.3, -0.25) is 0 Å². The molecular weight excluding hydrogens is 283 g/mol. The molecule has 1 aromatic heterocycles. The van der Waals surface area contributed by atoms with Crippen LogP contribution in [0, 0.1) is 6.92 Å². The van der Waals surface area contributed by atoms with Crippen LogP contribution in [0.3, 0.4) is 0 Å². The number of thioether (sulfide) groups is 1. The molecule has 0 radical (unpaired) electrons. The maximum Gasteiger partial charge on any atom is 0.441 e. The monoisotopic (exact) mass is 295 g/mol. The quantitative estimate of drug-likeness (QED) is 0.664. The van der Waals surface area contributed by atoms with E-state index in [4.69, 9.17) is 0 Å². The fraction of sp³-hybridized carbons (Fsp3) is 0.500. The van der Waals surface area contributed by atoms with Gasteiger partial charge in [0.15, 0.2) is 0 Å². The Hall–Kier alpha value is -1.51. The maximum absolute atomic E-state index is 11.9. The number of hydrogen-bond donors (Lipinski definition) is 1. The number of aromatic nitrogens is 2. The number of aryl methyl sites for hydroxylation is 1. The summed E-state index contributed by atoms with van der Waals surface area (Å²) in [5, 5.41) is 2.70. The second kappa shape index (κ2) is 6.60. The van der Waals surface area contributed by atoms with E-state index in [2.05, 4.69) is 20.0 Å². The molecule has 0 saturated heterocycles. The van der Waals surface area contributed by atoms with Gasteiger partial charge in [0, 0.05) is 24.1 Å². The number of ether oxygens (including phenoxy) is 1. The first-order valence-electron chi connectivity index (χ1n) is 5.20. The summed E-state index contributed by atoms with van der Waals surface area (Å²) in [5.41, 5.74) is -3.73. The number of carbonyl (C=O) groups is 1. The number of hydrogen-bond acceptors (Lipinski definition) is 6. The topological polar surface area (TPSA) is 64.1 Å². The average molecular weight is 295 g/mol. The molecule has 19 heavy (non-hydrogen) atoms. The predicted molar refractivity (Wildman–Crippen MR) is 65.1 cm³/mol. The van der Waals surface area contributed by atoms with Crippen LogP contribution in [0.1, 0.15) is 16.3 Å². The summed E-state index contributed by atoms with van der Waals surface area (Å²) < 4.78 is 40.2. The van der Waals surface area contributed by atoms with Gasteiger partial charge in [-0.2, -0.15) is 13.2 Å². The highest BCUT2D eigenvalue weighted by molar-refractivity contribution is 8.00. The number of nitrogens with zero attached hydrogens (tertiary/aromatic N) is 2. The minimum Gasteiger partial charge on any atom is -0.463 e. The molecule has 0 amide bonds. The minimum absolute atomic E-state index is 0.0707. The van der Waals surface area contributed by atoms with Crippen molar-refractivity contribution in [3.05, 3.63) is 17.6 Å². The molecule has 0 unspecified atom stereocenters. The van der Waals surface area contributed by atoms with E-state index in [1.165, 1.54) is 13.2 Å². The highest BCUT2D eigenvalue weighted by atomic mass is 32.2. The Balaban J connectivity index is 2.59. The Morgan fingerprint density at radius 1 is 1.47 bits per heavy atom. The lowest BCUT2D eigenvalue weighted by Gasteiger charge is -2.08. The largest absolute Gasteiger partial charge is 0.463 e. The van der Waals surface area contributed by atoms with Crippen LogP contribution >= 0.6 is 11.8 Å². The summed E-state index contributed by atoms with van der Waals surface area (Å²) in [4.78, 5) is 19.0. The summed E-state index contributed by atoms with van der Waals surface area (Å²) in [6.07, 6.45) is 0. The smallest absolute Gasteiger partial charge is 0.441 e.